The first-order valence-electron chi connectivity index (χ1n) is 6.63. The van der Waals surface area contributed by atoms with Crippen molar-refractivity contribution in [1.29, 1.82) is 0 Å². The zero-order valence-corrected chi connectivity index (χ0v) is 12.1. The second kappa shape index (κ2) is 6.70. The smallest absolute Gasteiger partial charge is 0.251 e. The highest BCUT2D eigenvalue weighted by molar-refractivity contribution is 5.97. The molecule has 0 bridgehead atoms. The fourth-order valence-corrected chi connectivity index (χ4v) is 1.98. The van der Waals surface area contributed by atoms with Crippen molar-refractivity contribution >= 4 is 11.7 Å². The summed E-state index contributed by atoms with van der Waals surface area (Å²) in [5, 5.41) is 2.83. The van der Waals surface area contributed by atoms with Crippen molar-refractivity contribution in [2.75, 3.05) is 7.11 Å². The Morgan fingerprint density at radius 2 is 1.62 bits per heavy atom. The summed E-state index contributed by atoms with van der Waals surface area (Å²) in [5.74, 6) is 0.539. The largest absolute Gasteiger partial charge is 0.496 e. The fourth-order valence-electron chi connectivity index (χ4n) is 1.98. The molecular weight excluding hydrogens is 266 g/mol. The summed E-state index contributed by atoms with van der Waals surface area (Å²) in [7, 11) is 1.60. The van der Waals surface area contributed by atoms with Gasteiger partial charge in [0.2, 0.25) is 0 Å². The minimum atomic E-state index is -0.184. The summed E-state index contributed by atoms with van der Waals surface area (Å²) in [6.45, 7) is 1.88. The summed E-state index contributed by atoms with van der Waals surface area (Å²) in [5.41, 5.74) is 2.03. The molecule has 0 aromatic heterocycles. The number of carbonyl (C=O) groups is 2. The lowest BCUT2D eigenvalue weighted by molar-refractivity contribution is 0.0948. The van der Waals surface area contributed by atoms with Crippen LogP contribution in [0, 0.1) is 0 Å². The van der Waals surface area contributed by atoms with Crippen LogP contribution in [0.3, 0.4) is 0 Å². The van der Waals surface area contributed by atoms with Gasteiger partial charge in [0.05, 0.1) is 7.11 Å². The van der Waals surface area contributed by atoms with E-state index in [-0.39, 0.29) is 11.7 Å². The monoisotopic (exact) mass is 283 g/mol. The average Bonchev–Trinajstić information content (AvgIpc) is 2.52. The van der Waals surface area contributed by atoms with E-state index in [0.29, 0.717) is 17.7 Å². The Morgan fingerprint density at radius 1 is 1.00 bits per heavy atom. The summed E-state index contributed by atoms with van der Waals surface area (Å²) in [6, 6.07) is 14.1. The summed E-state index contributed by atoms with van der Waals surface area (Å²) < 4.78 is 5.24. The lowest BCUT2D eigenvalue weighted by Gasteiger charge is -2.09. The topological polar surface area (TPSA) is 55.4 Å². The maximum Gasteiger partial charge on any atom is 0.251 e. The van der Waals surface area contributed by atoms with Gasteiger partial charge in [0.1, 0.15) is 5.75 Å². The fraction of sp³-hybridized carbons (Fsp3) is 0.176. The number of ketones is 1. The van der Waals surface area contributed by atoms with E-state index in [2.05, 4.69) is 5.32 Å². The molecule has 1 amide bonds. The zero-order chi connectivity index (χ0) is 15.2. The Morgan fingerprint density at radius 3 is 2.24 bits per heavy atom. The lowest BCUT2D eigenvalue weighted by atomic mass is 10.1. The normalized spacial score (nSPS) is 10.0. The number of hydrogen-bond donors (Lipinski definition) is 1. The van der Waals surface area contributed by atoms with Gasteiger partial charge in [0.15, 0.2) is 5.78 Å². The van der Waals surface area contributed by atoms with Crippen LogP contribution in [0.2, 0.25) is 0 Å². The molecule has 1 N–H and O–H groups in total. The SMILES string of the molecule is COc1ccccc1CNC(=O)c1ccc(C(C)=O)cc1. The Hall–Kier alpha value is -2.62. The third kappa shape index (κ3) is 3.69. The number of nitrogens with one attached hydrogen (secondary N) is 1. The van der Waals surface area contributed by atoms with E-state index < -0.39 is 0 Å². The van der Waals surface area contributed by atoms with E-state index in [0.717, 1.165) is 11.3 Å². The number of Topliss-reactive ketones (excluding diaryl/α,β-unsaturated/α-hetero) is 1. The maximum atomic E-state index is 12.1. The van der Waals surface area contributed by atoms with Crippen LogP contribution in [0.25, 0.3) is 0 Å². The van der Waals surface area contributed by atoms with Gasteiger partial charge in [-0.05, 0) is 25.1 Å². The van der Waals surface area contributed by atoms with E-state index in [9.17, 15) is 9.59 Å². The van der Waals surface area contributed by atoms with Crippen LogP contribution in [0.15, 0.2) is 48.5 Å². The van der Waals surface area contributed by atoms with E-state index >= 15 is 0 Å². The lowest BCUT2D eigenvalue weighted by Crippen LogP contribution is -2.23. The van der Waals surface area contributed by atoms with Crippen molar-refractivity contribution in [3.8, 4) is 5.75 Å². The summed E-state index contributed by atoms with van der Waals surface area (Å²) in [6.07, 6.45) is 0. The van der Waals surface area contributed by atoms with Gasteiger partial charge in [-0.2, -0.15) is 0 Å². The molecule has 2 rings (SSSR count). The predicted octanol–water partition coefficient (Wildman–Crippen LogP) is 2.83. The Bertz CT molecular complexity index is 647. The maximum absolute atomic E-state index is 12.1. The van der Waals surface area contributed by atoms with Crippen molar-refractivity contribution in [3.05, 3.63) is 65.2 Å². The number of ether oxygens (including phenoxy) is 1. The second-order valence-corrected chi connectivity index (χ2v) is 4.63. The number of amides is 1. The Kier molecular flexibility index (Phi) is 4.72. The van der Waals surface area contributed by atoms with Gasteiger partial charge in [-0.25, -0.2) is 0 Å². The van der Waals surface area contributed by atoms with Gasteiger partial charge in [-0.15, -0.1) is 0 Å². The molecule has 108 valence electrons. The van der Waals surface area contributed by atoms with Crippen molar-refractivity contribution in [2.45, 2.75) is 13.5 Å². The molecule has 0 aliphatic carbocycles. The van der Waals surface area contributed by atoms with Crippen LogP contribution in [-0.2, 0) is 6.54 Å². The van der Waals surface area contributed by atoms with E-state index in [4.69, 9.17) is 4.74 Å². The molecule has 0 aliphatic heterocycles. The number of carbonyl (C=O) groups excluding carboxylic acids is 2. The van der Waals surface area contributed by atoms with Crippen molar-refractivity contribution in [3.63, 3.8) is 0 Å². The first kappa shape index (κ1) is 14.8. The van der Waals surface area contributed by atoms with E-state index in [1.807, 2.05) is 24.3 Å². The molecule has 2 aromatic carbocycles. The molecule has 0 radical (unpaired) electrons. The number of para-hydroxylation sites is 1. The summed E-state index contributed by atoms with van der Waals surface area (Å²) >= 11 is 0. The van der Waals surface area contributed by atoms with Crippen LogP contribution < -0.4 is 10.1 Å². The first-order chi connectivity index (χ1) is 10.1. The molecule has 2 aromatic rings. The van der Waals surface area contributed by atoms with E-state index in [1.54, 1.807) is 31.4 Å². The van der Waals surface area contributed by atoms with Crippen molar-refractivity contribution < 1.29 is 14.3 Å². The van der Waals surface area contributed by atoms with Gasteiger partial charge in [0, 0.05) is 23.2 Å². The molecule has 0 fully saturated rings. The number of benzene rings is 2. The average molecular weight is 283 g/mol. The molecular formula is C17H17NO3. The van der Waals surface area contributed by atoms with Crippen LogP contribution in [-0.4, -0.2) is 18.8 Å². The number of methoxy groups -OCH3 is 1. The summed E-state index contributed by atoms with van der Waals surface area (Å²) in [4.78, 5) is 23.3. The van der Waals surface area contributed by atoms with Crippen molar-refractivity contribution in [1.82, 2.24) is 5.32 Å². The molecule has 4 nitrogen and oxygen atoms in total. The van der Waals surface area contributed by atoms with Gasteiger partial charge in [-0.1, -0.05) is 30.3 Å². The number of rotatable bonds is 5. The minimum absolute atomic E-state index is 0.0176. The van der Waals surface area contributed by atoms with Crippen LogP contribution in [0.5, 0.6) is 5.75 Å². The van der Waals surface area contributed by atoms with Crippen LogP contribution in [0.1, 0.15) is 33.2 Å². The number of hydrogen-bond acceptors (Lipinski definition) is 3. The third-order valence-electron chi connectivity index (χ3n) is 3.19. The molecule has 0 heterocycles. The molecule has 0 atom stereocenters. The van der Waals surface area contributed by atoms with Crippen LogP contribution in [0.4, 0.5) is 0 Å². The molecule has 21 heavy (non-hydrogen) atoms. The predicted molar refractivity (Wildman–Crippen MR) is 80.6 cm³/mol. The second-order valence-electron chi connectivity index (χ2n) is 4.63. The molecule has 0 spiro atoms. The Labute approximate surface area is 123 Å². The van der Waals surface area contributed by atoms with Gasteiger partial charge >= 0.3 is 0 Å². The van der Waals surface area contributed by atoms with Crippen molar-refractivity contribution in [2.24, 2.45) is 0 Å². The molecule has 4 heteroatoms. The molecule has 0 aliphatic rings. The van der Waals surface area contributed by atoms with E-state index in [1.165, 1.54) is 6.92 Å². The molecule has 0 saturated heterocycles. The minimum Gasteiger partial charge on any atom is -0.496 e. The standard InChI is InChI=1S/C17H17NO3/c1-12(19)13-7-9-14(10-8-13)17(20)18-11-15-5-3-4-6-16(15)21-2/h3-10H,11H2,1-2H3,(H,18,20). The van der Waals surface area contributed by atoms with Crippen LogP contribution >= 0.6 is 0 Å². The molecule has 0 unspecified atom stereocenters. The van der Waals surface area contributed by atoms with Gasteiger partial charge in [0.25, 0.3) is 5.91 Å². The zero-order valence-electron chi connectivity index (χ0n) is 12.1. The van der Waals surface area contributed by atoms with Gasteiger partial charge < -0.3 is 10.1 Å². The quantitative estimate of drug-likeness (QED) is 0.858. The highest BCUT2D eigenvalue weighted by atomic mass is 16.5. The highest BCUT2D eigenvalue weighted by Gasteiger charge is 2.08. The first-order valence-corrected chi connectivity index (χ1v) is 6.63. The molecule has 0 saturated carbocycles. The third-order valence-corrected chi connectivity index (χ3v) is 3.19. The Balaban J connectivity index is 2.03. The van der Waals surface area contributed by atoms with Gasteiger partial charge in [-0.3, -0.25) is 9.59 Å². The highest BCUT2D eigenvalue weighted by Crippen LogP contribution is 2.16.